The number of hydrogen-bond donors (Lipinski definition) is 1. The zero-order valence-electron chi connectivity index (χ0n) is 10.3. The standard InChI is InChI=1S/C14H12N2O3/c1-9-6-13(19-16-9)14(17)15-8-11-7-10-4-2-3-5-12(10)18-11/h2-7H,8H2,1H3,(H,15,17). The molecule has 0 spiro atoms. The number of nitrogens with one attached hydrogen (secondary N) is 1. The van der Waals surface area contributed by atoms with Gasteiger partial charge in [0, 0.05) is 11.5 Å². The Labute approximate surface area is 109 Å². The van der Waals surface area contributed by atoms with E-state index < -0.39 is 0 Å². The lowest BCUT2D eigenvalue weighted by molar-refractivity contribution is 0.0911. The molecule has 0 saturated carbocycles. The predicted molar refractivity (Wildman–Crippen MR) is 68.6 cm³/mol. The van der Waals surface area contributed by atoms with Crippen molar-refractivity contribution in [3.8, 4) is 0 Å². The quantitative estimate of drug-likeness (QED) is 0.782. The molecule has 0 atom stereocenters. The van der Waals surface area contributed by atoms with Gasteiger partial charge in [0.15, 0.2) is 0 Å². The van der Waals surface area contributed by atoms with Crippen LogP contribution in [-0.4, -0.2) is 11.1 Å². The summed E-state index contributed by atoms with van der Waals surface area (Å²) < 4.78 is 10.5. The molecular formula is C14H12N2O3. The number of amides is 1. The second-order valence-electron chi connectivity index (χ2n) is 4.27. The Bertz CT molecular complexity index is 694. The number of hydrogen-bond acceptors (Lipinski definition) is 4. The van der Waals surface area contributed by atoms with E-state index in [1.807, 2.05) is 30.3 Å². The van der Waals surface area contributed by atoms with Crippen molar-refractivity contribution in [1.29, 1.82) is 0 Å². The summed E-state index contributed by atoms with van der Waals surface area (Å²) in [4.78, 5) is 11.8. The van der Waals surface area contributed by atoms with Crippen LogP contribution in [0.4, 0.5) is 0 Å². The van der Waals surface area contributed by atoms with E-state index in [9.17, 15) is 4.79 Å². The number of nitrogens with zero attached hydrogens (tertiary/aromatic N) is 1. The number of fused-ring (bicyclic) bond motifs is 1. The summed E-state index contributed by atoms with van der Waals surface area (Å²) in [5, 5.41) is 7.41. The Morgan fingerprint density at radius 2 is 2.16 bits per heavy atom. The van der Waals surface area contributed by atoms with Crippen molar-refractivity contribution in [1.82, 2.24) is 10.5 Å². The molecule has 1 amide bonds. The number of carbonyl (C=O) groups excluding carboxylic acids is 1. The van der Waals surface area contributed by atoms with E-state index in [0.29, 0.717) is 18.0 Å². The van der Waals surface area contributed by atoms with Crippen molar-refractivity contribution in [3.63, 3.8) is 0 Å². The Morgan fingerprint density at radius 3 is 2.89 bits per heavy atom. The second kappa shape index (κ2) is 4.61. The molecule has 0 bridgehead atoms. The van der Waals surface area contributed by atoms with Crippen LogP contribution in [0.15, 0.2) is 45.3 Å². The van der Waals surface area contributed by atoms with Crippen LogP contribution in [0.2, 0.25) is 0 Å². The average molecular weight is 256 g/mol. The molecule has 5 heteroatoms. The fourth-order valence-corrected chi connectivity index (χ4v) is 1.85. The summed E-state index contributed by atoms with van der Waals surface area (Å²) in [5.41, 5.74) is 1.48. The third kappa shape index (κ3) is 2.35. The van der Waals surface area contributed by atoms with E-state index in [1.54, 1.807) is 13.0 Å². The molecule has 1 N–H and O–H groups in total. The lowest BCUT2D eigenvalue weighted by Crippen LogP contribution is -2.21. The van der Waals surface area contributed by atoms with Gasteiger partial charge in [-0.3, -0.25) is 4.79 Å². The first kappa shape index (κ1) is 11.5. The summed E-state index contributed by atoms with van der Waals surface area (Å²) in [6.45, 7) is 2.08. The molecule has 0 unspecified atom stereocenters. The second-order valence-corrected chi connectivity index (χ2v) is 4.27. The Hall–Kier alpha value is -2.56. The zero-order chi connectivity index (χ0) is 13.2. The average Bonchev–Trinajstić information content (AvgIpc) is 3.01. The highest BCUT2D eigenvalue weighted by Gasteiger charge is 2.12. The molecule has 3 rings (SSSR count). The van der Waals surface area contributed by atoms with Gasteiger partial charge in [-0.2, -0.15) is 0 Å². The van der Waals surface area contributed by atoms with Crippen molar-refractivity contribution in [2.45, 2.75) is 13.5 Å². The summed E-state index contributed by atoms with van der Waals surface area (Å²) in [6, 6.07) is 11.2. The van der Waals surface area contributed by atoms with Crippen molar-refractivity contribution in [2.75, 3.05) is 0 Å². The molecule has 0 saturated heterocycles. The minimum atomic E-state index is -0.305. The number of para-hydroxylation sites is 1. The van der Waals surface area contributed by atoms with Gasteiger partial charge in [-0.25, -0.2) is 0 Å². The molecule has 5 nitrogen and oxygen atoms in total. The first-order valence-electron chi connectivity index (χ1n) is 5.91. The SMILES string of the molecule is Cc1cc(C(=O)NCc2cc3ccccc3o2)on1. The molecule has 0 radical (unpaired) electrons. The van der Waals surface area contributed by atoms with E-state index in [2.05, 4.69) is 10.5 Å². The molecule has 2 aromatic heterocycles. The van der Waals surface area contributed by atoms with Crippen molar-refractivity contribution >= 4 is 16.9 Å². The number of aromatic nitrogens is 1. The third-order valence-electron chi connectivity index (χ3n) is 2.75. The van der Waals surface area contributed by atoms with Crippen LogP contribution in [0.5, 0.6) is 0 Å². The van der Waals surface area contributed by atoms with Crippen LogP contribution in [0.1, 0.15) is 22.0 Å². The number of aryl methyl sites for hydroxylation is 1. The molecule has 0 aliphatic carbocycles. The van der Waals surface area contributed by atoms with Crippen LogP contribution in [0.3, 0.4) is 0 Å². The molecule has 1 aromatic carbocycles. The van der Waals surface area contributed by atoms with Gasteiger partial charge < -0.3 is 14.3 Å². The maximum atomic E-state index is 11.8. The van der Waals surface area contributed by atoms with E-state index in [0.717, 1.165) is 11.0 Å². The van der Waals surface area contributed by atoms with Crippen LogP contribution in [-0.2, 0) is 6.54 Å². The molecule has 0 aliphatic rings. The summed E-state index contributed by atoms with van der Waals surface area (Å²) in [5.74, 6) is 0.598. The number of benzene rings is 1. The monoisotopic (exact) mass is 256 g/mol. The number of rotatable bonds is 3. The molecular weight excluding hydrogens is 244 g/mol. The first-order chi connectivity index (χ1) is 9.22. The molecule has 2 heterocycles. The Balaban J connectivity index is 1.70. The van der Waals surface area contributed by atoms with Gasteiger partial charge in [0.25, 0.3) is 5.91 Å². The van der Waals surface area contributed by atoms with E-state index >= 15 is 0 Å². The van der Waals surface area contributed by atoms with Crippen molar-refractivity contribution < 1.29 is 13.7 Å². The Kier molecular flexibility index (Phi) is 2.79. The van der Waals surface area contributed by atoms with Gasteiger partial charge in [0.1, 0.15) is 11.3 Å². The fourth-order valence-electron chi connectivity index (χ4n) is 1.85. The maximum Gasteiger partial charge on any atom is 0.290 e. The van der Waals surface area contributed by atoms with Crippen LogP contribution in [0, 0.1) is 6.92 Å². The lowest BCUT2D eigenvalue weighted by atomic mass is 10.2. The van der Waals surface area contributed by atoms with E-state index in [-0.39, 0.29) is 11.7 Å². The van der Waals surface area contributed by atoms with Crippen LogP contribution in [0.25, 0.3) is 11.0 Å². The highest BCUT2D eigenvalue weighted by molar-refractivity contribution is 5.91. The fraction of sp³-hybridized carbons (Fsp3) is 0.143. The minimum Gasteiger partial charge on any atom is -0.459 e. The third-order valence-corrected chi connectivity index (χ3v) is 2.75. The summed E-state index contributed by atoms with van der Waals surface area (Å²) in [7, 11) is 0. The minimum absolute atomic E-state index is 0.202. The maximum absolute atomic E-state index is 11.8. The van der Waals surface area contributed by atoms with Crippen LogP contribution >= 0.6 is 0 Å². The molecule has 0 aliphatic heterocycles. The van der Waals surface area contributed by atoms with Gasteiger partial charge in [-0.15, -0.1) is 0 Å². The topological polar surface area (TPSA) is 68.3 Å². The Morgan fingerprint density at radius 1 is 1.32 bits per heavy atom. The van der Waals surface area contributed by atoms with Crippen molar-refractivity contribution in [3.05, 3.63) is 53.6 Å². The van der Waals surface area contributed by atoms with Gasteiger partial charge in [-0.05, 0) is 19.1 Å². The highest BCUT2D eigenvalue weighted by atomic mass is 16.5. The van der Waals surface area contributed by atoms with Crippen LogP contribution < -0.4 is 5.32 Å². The van der Waals surface area contributed by atoms with Gasteiger partial charge in [0.2, 0.25) is 5.76 Å². The molecule has 96 valence electrons. The molecule has 3 aromatic rings. The van der Waals surface area contributed by atoms with E-state index in [4.69, 9.17) is 8.94 Å². The summed E-state index contributed by atoms with van der Waals surface area (Å²) in [6.07, 6.45) is 0. The highest BCUT2D eigenvalue weighted by Crippen LogP contribution is 2.18. The normalized spacial score (nSPS) is 10.8. The van der Waals surface area contributed by atoms with Gasteiger partial charge in [-0.1, -0.05) is 23.4 Å². The van der Waals surface area contributed by atoms with Gasteiger partial charge in [0.05, 0.1) is 12.2 Å². The van der Waals surface area contributed by atoms with Crippen molar-refractivity contribution in [2.24, 2.45) is 0 Å². The predicted octanol–water partition coefficient (Wildman–Crippen LogP) is 2.66. The number of carbonyl (C=O) groups is 1. The summed E-state index contributed by atoms with van der Waals surface area (Å²) >= 11 is 0. The molecule has 0 fully saturated rings. The van der Waals surface area contributed by atoms with E-state index in [1.165, 1.54) is 0 Å². The van der Waals surface area contributed by atoms with Gasteiger partial charge >= 0.3 is 0 Å². The first-order valence-corrected chi connectivity index (χ1v) is 5.91. The lowest BCUT2D eigenvalue weighted by Gasteiger charge is -1.98. The number of furan rings is 1. The zero-order valence-corrected chi connectivity index (χ0v) is 10.3. The molecule has 19 heavy (non-hydrogen) atoms. The smallest absolute Gasteiger partial charge is 0.290 e. The largest absolute Gasteiger partial charge is 0.459 e.